The van der Waals surface area contributed by atoms with Crippen LogP contribution in [0.15, 0.2) is 59.5 Å². The van der Waals surface area contributed by atoms with Crippen molar-refractivity contribution in [3.8, 4) is 0 Å². The Bertz CT molecular complexity index is 927. The van der Waals surface area contributed by atoms with Crippen LogP contribution in [0.25, 0.3) is 0 Å². The molecule has 1 N–H and O–H groups in total. The van der Waals surface area contributed by atoms with E-state index in [1.54, 1.807) is 42.5 Å². The summed E-state index contributed by atoms with van der Waals surface area (Å²) < 4.78 is 46.1. The topological polar surface area (TPSA) is 108 Å². The lowest BCUT2D eigenvalue weighted by Crippen LogP contribution is -2.56. The normalized spacial score (nSPS) is 24.8. The molecule has 1 aliphatic heterocycles. The number of hydrogen-bond donors (Lipinski definition) is 1. The van der Waals surface area contributed by atoms with Crippen molar-refractivity contribution in [3.05, 3.63) is 65.7 Å². The molecule has 0 radical (unpaired) electrons. The number of carbonyl (C=O) groups excluding carboxylic acids is 1. The summed E-state index contributed by atoms with van der Waals surface area (Å²) >= 11 is 0. The number of methoxy groups -OCH3 is 1. The summed E-state index contributed by atoms with van der Waals surface area (Å²) in [6.45, 7) is 1.57. The molecule has 156 valence electrons. The highest BCUT2D eigenvalue weighted by Gasteiger charge is 2.45. The third-order valence-corrected chi connectivity index (χ3v) is 5.81. The first-order valence-corrected chi connectivity index (χ1v) is 10.3. The van der Waals surface area contributed by atoms with Crippen LogP contribution in [0.1, 0.15) is 15.9 Å². The Morgan fingerprint density at radius 2 is 1.76 bits per heavy atom. The maximum atomic E-state index is 12.5. The largest absolute Gasteiger partial charge is 0.450 e. The van der Waals surface area contributed by atoms with Crippen LogP contribution in [-0.2, 0) is 28.5 Å². The van der Waals surface area contributed by atoms with E-state index in [9.17, 15) is 18.3 Å². The van der Waals surface area contributed by atoms with Gasteiger partial charge in [-0.25, -0.2) is 4.79 Å². The number of benzene rings is 2. The van der Waals surface area contributed by atoms with Gasteiger partial charge >= 0.3 is 5.97 Å². The molecule has 1 saturated heterocycles. The second kappa shape index (κ2) is 9.02. The molecule has 1 heterocycles. The fraction of sp³-hybridized carbons (Fsp3) is 0.350. The van der Waals surface area contributed by atoms with Gasteiger partial charge in [0.15, 0.2) is 12.4 Å². The molecule has 2 aromatic carbocycles. The monoisotopic (exact) mass is 422 g/mol. The van der Waals surface area contributed by atoms with Crippen LogP contribution in [-0.4, -0.2) is 57.8 Å². The first kappa shape index (κ1) is 21.4. The molecule has 29 heavy (non-hydrogen) atoms. The van der Waals surface area contributed by atoms with Crippen LogP contribution in [0.5, 0.6) is 0 Å². The lowest BCUT2D eigenvalue weighted by molar-refractivity contribution is -0.256. The quantitative estimate of drug-likeness (QED) is 0.553. The van der Waals surface area contributed by atoms with E-state index in [0.29, 0.717) is 0 Å². The third-order valence-electron chi connectivity index (χ3n) is 4.46. The zero-order valence-corrected chi connectivity index (χ0v) is 16.7. The van der Waals surface area contributed by atoms with Crippen molar-refractivity contribution in [1.29, 1.82) is 0 Å². The fourth-order valence-corrected chi connectivity index (χ4v) is 3.93. The lowest BCUT2D eigenvalue weighted by Gasteiger charge is -2.38. The van der Waals surface area contributed by atoms with E-state index in [0.717, 1.165) is 5.56 Å². The summed E-state index contributed by atoms with van der Waals surface area (Å²) in [7, 11) is -2.83. The average Bonchev–Trinajstić information content (AvgIpc) is 2.72. The number of aryl methyl sites for hydroxylation is 1. The Kier molecular flexibility index (Phi) is 6.66. The van der Waals surface area contributed by atoms with Crippen LogP contribution in [0.3, 0.4) is 0 Å². The van der Waals surface area contributed by atoms with Gasteiger partial charge in [-0.15, -0.1) is 0 Å². The van der Waals surface area contributed by atoms with E-state index >= 15 is 0 Å². The number of aliphatic hydroxyl groups is 1. The number of rotatable bonds is 6. The second-order valence-electron chi connectivity index (χ2n) is 6.57. The summed E-state index contributed by atoms with van der Waals surface area (Å²) in [5.74, 6) is -0.706. The highest BCUT2D eigenvalue weighted by molar-refractivity contribution is 7.86. The predicted molar refractivity (Wildman–Crippen MR) is 102 cm³/mol. The highest BCUT2D eigenvalue weighted by atomic mass is 32.2. The first-order valence-electron chi connectivity index (χ1n) is 8.90. The molecule has 0 spiro atoms. The Balaban J connectivity index is 1.76. The molecule has 0 aromatic heterocycles. The van der Waals surface area contributed by atoms with Crippen molar-refractivity contribution >= 4 is 16.1 Å². The summed E-state index contributed by atoms with van der Waals surface area (Å²) in [4.78, 5) is 12.3. The standard InChI is InChI=1S/C20H22O8S/c1-13-8-10-15(11-9-13)29(23,24)28-16-12-26-20(25-2)18(17(16)21)27-19(22)14-6-4-3-5-7-14/h3-11,16-18,20-21H,12H2,1-2H3/t16-,17+,18-,20-/m1/s1. The van der Waals surface area contributed by atoms with Crippen molar-refractivity contribution in [2.24, 2.45) is 0 Å². The second-order valence-corrected chi connectivity index (χ2v) is 8.14. The molecular formula is C20H22O8S. The molecule has 0 amide bonds. The minimum Gasteiger partial charge on any atom is -0.450 e. The molecule has 4 atom stereocenters. The van der Waals surface area contributed by atoms with Crippen molar-refractivity contribution in [2.45, 2.75) is 36.4 Å². The Labute approximate surface area is 169 Å². The van der Waals surface area contributed by atoms with Gasteiger partial charge in [0, 0.05) is 7.11 Å². The zero-order valence-electron chi connectivity index (χ0n) is 15.9. The number of hydrogen-bond acceptors (Lipinski definition) is 8. The van der Waals surface area contributed by atoms with Gasteiger partial charge < -0.3 is 19.3 Å². The first-order chi connectivity index (χ1) is 13.8. The van der Waals surface area contributed by atoms with Crippen LogP contribution in [0.4, 0.5) is 0 Å². The van der Waals surface area contributed by atoms with Gasteiger partial charge in [0.05, 0.1) is 17.1 Å². The molecule has 1 aliphatic rings. The summed E-state index contributed by atoms with van der Waals surface area (Å²) in [5.41, 5.74) is 1.16. The van der Waals surface area contributed by atoms with Gasteiger partial charge in [-0.2, -0.15) is 8.42 Å². The SMILES string of the molecule is CO[C@@H]1OC[C@@H](OS(=O)(=O)c2ccc(C)cc2)[C@H](O)[C@H]1OC(=O)c1ccccc1. The molecule has 2 aromatic rings. The Morgan fingerprint density at radius 1 is 1.10 bits per heavy atom. The average molecular weight is 422 g/mol. The Hall–Kier alpha value is -2.30. The van der Waals surface area contributed by atoms with Crippen LogP contribution in [0.2, 0.25) is 0 Å². The number of aliphatic hydroxyl groups excluding tert-OH is 1. The summed E-state index contributed by atoms with van der Waals surface area (Å²) in [6, 6.07) is 14.3. The van der Waals surface area contributed by atoms with Crippen molar-refractivity contribution in [1.82, 2.24) is 0 Å². The van der Waals surface area contributed by atoms with Crippen LogP contribution >= 0.6 is 0 Å². The van der Waals surface area contributed by atoms with Crippen LogP contribution in [0, 0.1) is 6.92 Å². The number of ether oxygens (including phenoxy) is 3. The van der Waals surface area contributed by atoms with Gasteiger partial charge in [-0.05, 0) is 31.2 Å². The van der Waals surface area contributed by atoms with Crippen LogP contribution < -0.4 is 0 Å². The van der Waals surface area contributed by atoms with Gasteiger partial charge in [0.1, 0.15) is 12.2 Å². The maximum Gasteiger partial charge on any atom is 0.338 e. The maximum absolute atomic E-state index is 12.5. The zero-order chi connectivity index (χ0) is 21.0. The van der Waals surface area contributed by atoms with E-state index in [4.69, 9.17) is 18.4 Å². The van der Waals surface area contributed by atoms with E-state index < -0.39 is 40.7 Å². The molecule has 0 aliphatic carbocycles. The molecule has 1 fully saturated rings. The minimum atomic E-state index is -4.16. The van der Waals surface area contributed by atoms with Gasteiger partial charge in [0.2, 0.25) is 0 Å². The van der Waals surface area contributed by atoms with E-state index in [2.05, 4.69) is 0 Å². The van der Waals surface area contributed by atoms with Gasteiger partial charge in [-0.3, -0.25) is 4.18 Å². The number of esters is 1. The fourth-order valence-electron chi connectivity index (χ4n) is 2.86. The highest BCUT2D eigenvalue weighted by Crippen LogP contribution is 2.25. The molecular weight excluding hydrogens is 400 g/mol. The van der Waals surface area contributed by atoms with Crippen molar-refractivity contribution in [2.75, 3.05) is 13.7 Å². The predicted octanol–water partition coefficient (Wildman–Crippen LogP) is 1.66. The smallest absolute Gasteiger partial charge is 0.338 e. The van der Waals surface area contributed by atoms with E-state index in [1.807, 2.05) is 6.92 Å². The van der Waals surface area contributed by atoms with E-state index in [-0.39, 0.29) is 17.1 Å². The molecule has 0 bridgehead atoms. The number of carbonyl (C=O) groups is 1. The van der Waals surface area contributed by atoms with Crippen molar-refractivity contribution < 1.29 is 36.7 Å². The van der Waals surface area contributed by atoms with Gasteiger partial charge in [0.25, 0.3) is 10.1 Å². The van der Waals surface area contributed by atoms with E-state index in [1.165, 1.54) is 19.2 Å². The molecule has 9 heteroatoms. The summed E-state index contributed by atoms with van der Waals surface area (Å²) in [6.07, 6.45) is -5.11. The van der Waals surface area contributed by atoms with Gasteiger partial charge in [-0.1, -0.05) is 35.9 Å². The molecule has 0 saturated carbocycles. The Morgan fingerprint density at radius 3 is 2.38 bits per heavy atom. The molecule has 0 unspecified atom stereocenters. The minimum absolute atomic E-state index is 0.0537. The third kappa shape index (κ3) is 5.01. The molecule has 8 nitrogen and oxygen atoms in total. The summed E-state index contributed by atoms with van der Waals surface area (Å²) in [5, 5.41) is 10.7. The molecule has 3 rings (SSSR count). The lowest BCUT2D eigenvalue weighted by atomic mass is 10.1. The van der Waals surface area contributed by atoms with Crippen molar-refractivity contribution in [3.63, 3.8) is 0 Å².